The highest BCUT2D eigenvalue weighted by Crippen LogP contribution is 2.14. The first-order chi connectivity index (χ1) is 11.5. The van der Waals surface area contributed by atoms with Crippen LogP contribution in [0.25, 0.3) is 11.2 Å². The first-order valence-corrected chi connectivity index (χ1v) is 7.60. The van der Waals surface area contributed by atoms with Crippen molar-refractivity contribution in [3.8, 4) is 5.75 Å². The first kappa shape index (κ1) is 15.9. The van der Waals surface area contributed by atoms with Crippen molar-refractivity contribution < 1.29 is 4.74 Å². The minimum atomic E-state index is -0.426. The molecule has 0 unspecified atom stereocenters. The molecule has 0 aliphatic carbocycles. The van der Waals surface area contributed by atoms with Gasteiger partial charge in [0.25, 0.3) is 5.56 Å². The Balaban J connectivity index is 1.84. The molecule has 3 aromatic rings. The van der Waals surface area contributed by atoms with Crippen molar-refractivity contribution in [3.63, 3.8) is 0 Å². The lowest BCUT2D eigenvalue weighted by molar-refractivity contribution is 0.303. The summed E-state index contributed by atoms with van der Waals surface area (Å²) in [6.45, 7) is 0.956. The number of hydrogen-bond donors (Lipinski definition) is 1. The van der Waals surface area contributed by atoms with Crippen LogP contribution >= 0.6 is 0 Å². The highest BCUT2D eigenvalue weighted by Gasteiger charge is 2.17. The van der Waals surface area contributed by atoms with E-state index < -0.39 is 11.2 Å². The van der Waals surface area contributed by atoms with Gasteiger partial charge >= 0.3 is 5.69 Å². The Morgan fingerprint density at radius 2 is 1.83 bits per heavy atom. The summed E-state index contributed by atoms with van der Waals surface area (Å²) in [6, 6.07) is 9.49. The van der Waals surface area contributed by atoms with Crippen LogP contribution in [-0.2, 0) is 20.6 Å². The van der Waals surface area contributed by atoms with Crippen molar-refractivity contribution >= 4 is 17.1 Å². The number of fused-ring (bicyclic) bond motifs is 1. The zero-order chi connectivity index (χ0) is 17.3. The molecule has 8 heteroatoms. The molecule has 2 N–H and O–H groups in total. The van der Waals surface area contributed by atoms with Crippen molar-refractivity contribution in [1.29, 1.82) is 0 Å². The lowest BCUT2D eigenvalue weighted by Gasteiger charge is -2.09. The summed E-state index contributed by atoms with van der Waals surface area (Å²) in [7, 11) is 3.01. The average molecular weight is 329 g/mol. The predicted molar refractivity (Wildman–Crippen MR) is 91.2 cm³/mol. The van der Waals surface area contributed by atoms with Gasteiger partial charge in [-0.25, -0.2) is 4.79 Å². The molecule has 2 aromatic heterocycles. The van der Waals surface area contributed by atoms with E-state index in [1.165, 1.54) is 11.6 Å². The molecule has 0 aliphatic heterocycles. The number of nitrogen functional groups attached to an aromatic ring is 1. The van der Waals surface area contributed by atoms with E-state index in [0.717, 1.165) is 10.3 Å². The molecule has 0 spiro atoms. The topological polar surface area (TPSA) is 97.1 Å². The van der Waals surface area contributed by atoms with Crippen LogP contribution in [0.5, 0.6) is 5.75 Å². The maximum Gasteiger partial charge on any atom is 0.332 e. The Kier molecular flexibility index (Phi) is 4.11. The van der Waals surface area contributed by atoms with Crippen LogP contribution in [0.4, 0.5) is 5.95 Å². The molecule has 0 aliphatic rings. The van der Waals surface area contributed by atoms with Crippen LogP contribution in [0.2, 0.25) is 0 Å². The molecule has 0 radical (unpaired) electrons. The van der Waals surface area contributed by atoms with Crippen LogP contribution in [0.3, 0.4) is 0 Å². The number of para-hydroxylation sites is 1. The second kappa shape index (κ2) is 6.23. The largest absolute Gasteiger partial charge is 0.494 e. The molecule has 0 bridgehead atoms. The Bertz CT molecular complexity index is 985. The second-order valence-electron chi connectivity index (χ2n) is 5.51. The summed E-state index contributed by atoms with van der Waals surface area (Å²) in [5.74, 6) is 1.00. The van der Waals surface area contributed by atoms with Gasteiger partial charge in [-0.3, -0.25) is 13.9 Å². The minimum Gasteiger partial charge on any atom is -0.494 e. The third kappa shape index (κ3) is 2.66. The standard InChI is InChI=1S/C16H19N5O3/c1-19-13-12(14(22)20(2)16(19)23)21(15(17)18-13)9-6-10-24-11-7-4-3-5-8-11/h3-5,7-8H,6,9-10H2,1-2H3,(H2,17,18). The summed E-state index contributed by atoms with van der Waals surface area (Å²) in [4.78, 5) is 28.5. The van der Waals surface area contributed by atoms with E-state index in [0.29, 0.717) is 30.7 Å². The Hall–Kier alpha value is -3.03. The van der Waals surface area contributed by atoms with Crippen LogP contribution in [0, 0.1) is 0 Å². The van der Waals surface area contributed by atoms with E-state index in [1.807, 2.05) is 30.3 Å². The smallest absolute Gasteiger partial charge is 0.332 e. The van der Waals surface area contributed by atoms with Crippen LogP contribution in [0.15, 0.2) is 39.9 Å². The highest BCUT2D eigenvalue weighted by molar-refractivity contribution is 5.73. The quantitative estimate of drug-likeness (QED) is 0.687. The number of benzene rings is 1. The molecule has 8 nitrogen and oxygen atoms in total. The SMILES string of the molecule is Cn1c(=O)c2c(nc(N)n2CCCOc2ccccc2)n(C)c1=O. The molecule has 0 saturated heterocycles. The molecular weight excluding hydrogens is 310 g/mol. The Morgan fingerprint density at radius 3 is 2.54 bits per heavy atom. The van der Waals surface area contributed by atoms with E-state index >= 15 is 0 Å². The summed E-state index contributed by atoms with van der Waals surface area (Å²) in [5, 5.41) is 0. The van der Waals surface area contributed by atoms with E-state index in [9.17, 15) is 9.59 Å². The summed E-state index contributed by atoms with van der Waals surface area (Å²) >= 11 is 0. The lowest BCUT2D eigenvalue weighted by atomic mass is 10.3. The maximum absolute atomic E-state index is 12.4. The molecule has 0 atom stereocenters. The van der Waals surface area contributed by atoms with Gasteiger partial charge in [-0.1, -0.05) is 18.2 Å². The molecule has 0 saturated carbocycles. The van der Waals surface area contributed by atoms with Gasteiger partial charge in [0.2, 0.25) is 5.95 Å². The second-order valence-corrected chi connectivity index (χ2v) is 5.51. The van der Waals surface area contributed by atoms with Crippen molar-refractivity contribution in [3.05, 3.63) is 51.2 Å². The van der Waals surface area contributed by atoms with Gasteiger partial charge in [-0.2, -0.15) is 4.98 Å². The molecule has 2 heterocycles. The number of anilines is 1. The van der Waals surface area contributed by atoms with Gasteiger partial charge in [-0.05, 0) is 18.6 Å². The van der Waals surface area contributed by atoms with Crippen molar-refractivity contribution in [2.75, 3.05) is 12.3 Å². The summed E-state index contributed by atoms with van der Waals surface area (Å²) in [6.07, 6.45) is 0.649. The number of hydrogen-bond acceptors (Lipinski definition) is 5. The molecular formula is C16H19N5O3. The number of rotatable bonds is 5. The molecule has 24 heavy (non-hydrogen) atoms. The van der Waals surface area contributed by atoms with E-state index in [-0.39, 0.29) is 5.95 Å². The van der Waals surface area contributed by atoms with Crippen molar-refractivity contribution in [2.24, 2.45) is 14.1 Å². The van der Waals surface area contributed by atoms with E-state index in [2.05, 4.69) is 4.98 Å². The number of imidazole rings is 1. The van der Waals surface area contributed by atoms with Crippen LogP contribution in [0.1, 0.15) is 6.42 Å². The van der Waals surface area contributed by atoms with Crippen LogP contribution in [-0.4, -0.2) is 25.3 Å². The van der Waals surface area contributed by atoms with Gasteiger partial charge in [-0.15, -0.1) is 0 Å². The average Bonchev–Trinajstić information content (AvgIpc) is 2.92. The molecule has 0 amide bonds. The Labute approximate surface area is 137 Å². The number of nitrogens with zero attached hydrogens (tertiary/aromatic N) is 4. The normalized spacial score (nSPS) is 11.1. The maximum atomic E-state index is 12.4. The molecule has 1 aromatic carbocycles. The zero-order valence-corrected chi connectivity index (χ0v) is 13.6. The number of aryl methyl sites for hydroxylation is 2. The highest BCUT2D eigenvalue weighted by atomic mass is 16.5. The van der Waals surface area contributed by atoms with Gasteiger partial charge < -0.3 is 15.0 Å². The number of aromatic nitrogens is 4. The molecule has 0 fully saturated rings. The number of nitrogens with two attached hydrogens (primary N) is 1. The third-order valence-electron chi connectivity index (χ3n) is 3.92. The zero-order valence-electron chi connectivity index (χ0n) is 13.6. The van der Waals surface area contributed by atoms with Gasteiger partial charge in [0.1, 0.15) is 5.75 Å². The predicted octanol–water partition coefficient (Wildman–Crippen LogP) is 0.485. The lowest BCUT2D eigenvalue weighted by Crippen LogP contribution is -2.37. The monoisotopic (exact) mass is 329 g/mol. The summed E-state index contributed by atoms with van der Waals surface area (Å²) < 4.78 is 9.65. The van der Waals surface area contributed by atoms with E-state index in [1.54, 1.807) is 11.6 Å². The fourth-order valence-corrected chi connectivity index (χ4v) is 2.62. The minimum absolute atomic E-state index is 0.211. The number of ether oxygens (including phenoxy) is 1. The van der Waals surface area contributed by atoms with Crippen molar-refractivity contribution in [1.82, 2.24) is 18.7 Å². The first-order valence-electron chi connectivity index (χ1n) is 7.60. The van der Waals surface area contributed by atoms with E-state index in [4.69, 9.17) is 10.5 Å². The fraction of sp³-hybridized carbons (Fsp3) is 0.312. The fourth-order valence-electron chi connectivity index (χ4n) is 2.62. The van der Waals surface area contributed by atoms with Gasteiger partial charge in [0.05, 0.1) is 6.61 Å². The molecule has 126 valence electrons. The van der Waals surface area contributed by atoms with Crippen molar-refractivity contribution in [2.45, 2.75) is 13.0 Å². The molecule has 3 rings (SSSR count). The van der Waals surface area contributed by atoms with Gasteiger partial charge in [0, 0.05) is 20.6 Å². The Morgan fingerprint density at radius 1 is 1.12 bits per heavy atom. The summed E-state index contributed by atoms with van der Waals surface area (Å²) in [5.41, 5.74) is 5.73. The third-order valence-corrected chi connectivity index (χ3v) is 3.92. The van der Waals surface area contributed by atoms with Gasteiger partial charge in [0.15, 0.2) is 11.2 Å². The van der Waals surface area contributed by atoms with Crippen LogP contribution < -0.4 is 21.7 Å².